The van der Waals surface area contributed by atoms with Crippen LogP contribution in [0.2, 0.25) is 0 Å². The van der Waals surface area contributed by atoms with Crippen LogP contribution in [-0.2, 0) is 4.79 Å². The molecule has 0 spiro atoms. The summed E-state index contributed by atoms with van der Waals surface area (Å²) in [5.74, 6) is 2.81. The second kappa shape index (κ2) is 4.58. The molecule has 4 nitrogen and oxygen atoms in total. The fourth-order valence-corrected chi connectivity index (χ4v) is 3.75. The minimum atomic E-state index is 0.265. The van der Waals surface area contributed by atoms with Crippen LogP contribution in [0.4, 0.5) is 0 Å². The van der Waals surface area contributed by atoms with Crippen LogP contribution in [-0.4, -0.2) is 50.6 Å². The van der Waals surface area contributed by atoms with E-state index in [4.69, 9.17) is 0 Å². The minimum absolute atomic E-state index is 0.265. The van der Waals surface area contributed by atoms with Crippen molar-refractivity contribution in [2.45, 2.75) is 12.8 Å². The molecule has 2 heterocycles. The molecule has 2 aliphatic heterocycles. The first-order valence-electron chi connectivity index (χ1n) is 6.94. The van der Waals surface area contributed by atoms with Gasteiger partial charge in [0.2, 0.25) is 5.91 Å². The highest BCUT2D eigenvalue weighted by Crippen LogP contribution is 2.51. The smallest absolute Gasteiger partial charge is 0.223 e. The first-order chi connectivity index (χ1) is 8.29. The van der Waals surface area contributed by atoms with E-state index in [0.29, 0.717) is 17.8 Å². The Kier molecular flexibility index (Phi) is 3.09. The molecule has 96 valence electrons. The number of rotatable bonds is 3. The molecule has 0 aromatic rings. The maximum Gasteiger partial charge on any atom is 0.223 e. The standard InChI is InChI=1S/C13H23N3O/c1-14-13(17)12-10-7-16(8-11(10)12)6-9-2-4-15-5-3-9/h9-12,15H,2-8H2,1H3,(H,14,17)/t10-,11+,12+. The molecule has 3 aliphatic rings. The molecule has 3 fully saturated rings. The molecule has 3 atom stereocenters. The van der Waals surface area contributed by atoms with E-state index in [9.17, 15) is 4.79 Å². The van der Waals surface area contributed by atoms with Gasteiger partial charge < -0.3 is 15.5 Å². The van der Waals surface area contributed by atoms with E-state index in [2.05, 4.69) is 15.5 Å². The summed E-state index contributed by atoms with van der Waals surface area (Å²) in [6.45, 7) is 5.95. The average molecular weight is 237 g/mol. The Hall–Kier alpha value is -0.610. The number of hydrogen-bond donors (Lipinski definition) is 2. The van der Waals surface area contributed by atoms with Gasteiger partial charge in [-0.2, -0.15) is 0 Å². The number of carbonyl (C=O) groups is 1. The number of likely N-dealkylation sites (tertiary alicyclic amines) is 1. The monoisotopic (exact) mass is 237 g/mol. The average Bonchev–Trinajstić information content (AvgIpc) is 2.86. The van der Waals surface area contributed by atoms with Crippen molar-refractivity contribution in [2.75, 3.05) is 39.8 Å². The largest absolute Gasteiger partial charge is 0.359 e. The Labute approximate surface area is 103 Å². The summed E-state index contributed by atoms with van der Waals surface area (Å²) < 4.78 is 0. The van der Waals surface area contributed by atoms with Crippen molar-refractivity contribution in [1.82, 2.24) is 15.5 Å². The second-order valence-corrected chi connectivity index (χ2v) is 5.88. The molecule has 2 saturated heterocycles. The Balaban J connectivity index is 1.44. The van der Waals surface area contributed by atoms with Crippen LogP contribution < -0.4 is 10.6 Å². The van der Waals surface area contributed by atoms with Gasteiger partial charge in [0, 0.05) is 32.6 Å². The molecule has 2 N–H and O–H groups in total. The number of piperidine rings is 2. The molecular formula is C13H23N3O. The summed E-state index contributed by atoms with van der Waals surface area (Å²) in [4.78, 5) is 14.1. The van der Waals surface area contributed by atoms with Gasteiger partial charge >= 0.3 is 0 Å². The molecule has 0 unspecified atom stereocenters. The molecule has 0 aromatic heterocycles. The van der Waals surface area contributed by atoms with Gasteiger partial charge in [0.15, 0.2) is 0 Å². The first-order valence-corrected chi connectivity index (χ1v) is 6.94. The van der Waals surface area contributed by atoms with Crippen molar-refractivity contribution in [2.24, 2.45) is 23.7 Å². The lowest BCUT2D eigenvalue weighted by Gasteiger charge is -2.28. The summed E-state index contributed by atoms with van der Waals surface area (Å²) in [5, 5.41) is 6.20. The van der Waals surface area contributed by atoms with Crippen molar-refractivity contribution in [1.29, 1.82) is 0 Å². The topological polar surface area (TPSA) is 44.4 Å². The molecule has 0 aromatic carbocycles. The van der Waals surface area contributed by atoms with E-state index in [1.54, 1.807) is 7.05 Å². The first kappa shape index (κ1) is 11.5. The van der Waals surface area contributed by atoms with Crippen molar-refractivity contribution in [3.8, 4) is 0 Å². The van der Waals surface area contributed by atoms with Crippen molar-refractivity contribution < 1.29 is 4.79 Å². The Morgan fingerprint density at radius 2 is 1.94 bits per heavy atom. The molecule has 1 saturated carbocycles. The zero-order chi connectivity index (χ0) is 11.8. The van der Waals surface area contributed by atoms with Crippen molar-refractivity contribution >= 4 is 5.91 Å². The number of hydrogen-bond acceptors (Lipinski definition) is 3. The van der Waals surface area contributed by atoms with Gasteiger partial charge in [-0.25, -0.2) is 0 Å². The lowest BCUT2D eigenvalue weighted by molar-refractivity contribution is -0.122. The van der Waals surface area contributed by atoms with Gasteiger partial charge in [-0.1, -0.05) is 0 Å². The van der Waals surface area contributed by atoms with Crippen molar-refractivity contribution in [3.63, 3.8) is 0 Å². The molecule has 3 rings (SSSR count). The SMILES string of the molecule is CNC(=O)[C@H]1[C@@H]2CN(CC3CCNCC3)C[C@@H]21. The van der Waals surface area contributed by atoms with E-state index in [0.717, 1.165) is 19.0 Å². The highest BCUT2D eigenvalue weighted by Gasteiger charge is 2.58. The van der Waals surface area contributed by atoms with Gasteiger partial charge in [-0.15, -0.1) is 0 Å². The predicted octanol–water partition coefficient (Wildman–Crippen LogP) is -0.0902. The fourth-order valence-electron chi connectivity index (χ4n) is 3.75. The third kappa shape index (κ3) is 2.20. The highest BCUT2D eigenvalue weighted by atomic mass is 16.2. The third-order valence-electron chi connectivity index (χ3n) is 4.79. The van der Waals surface area contributed by atoms with Crippen LogP contribution in [0.3, 0.4) is 0 Å². The Morgan fingerprint density at radius 1 is 1.29 bits per heavy atom. The number of amides is 1. The lowest BCUT2D eigenvalue weighted by atomic mass is 9.97. The number of carbonyl (C=O) groups excluding carboxylic acids is 1. The maximum atomic E-state index is 11.5. The summed E-state index contributed by atoms with van der Waals surface area (Å²) in [7, 11) is 1.75. The molecule has 1 aliphatic carbocycles. The zero-order valence-electron chi connectivity index (χ0n) is 10.6. The molecular weight excluding hydrogens is 214 g/mol. The van der Waals surface area contributed by atoms with Gasteiger partial charge in [-0.05, 0) is 43.7 Å². The van der Waals surface area contributed by atoms with Gasteiger partial charge in [-0.3, -0.25) is 4.79 Å². The maximum absolute atomic E-state index is 11.5. The lowest BCUT2D eigenvalue weighted by Crippen LogP contribution is -2.37. The highest BCUT2D eigenvalue weighted by molar-refractivity contribution is 5.82. The second-order valence-electron chi connectivity index (χ2n) is 5.88. The summed E-state index contributed by atoms with van der Waals surface area (Å²) >= 11 is 0. The normalized spacial score (nSPS) is 37.8. The van der Waals surface area contributed by atoms with E-state index < -0.39 is 0 Å². The molecule has 0 bridgehead atoms. The summed E-state index contributed by atoms with van der Waals surface area (Å²) in [6.07, 6.45) is 2.65. The van der Waals surface area contributed by atoms with Crippen LogP contribution in [0.25, 0.3) is 0 Å². The van der Waals surface area contributed by atoms with E-state index in [1.165, 1.54) is 32.5 Å². The van der Waals surface area contributed by atoms with E-state index in [1.807, 2.05) is 0 Å². The third-order valence-corrected chi connectivity index (χ3v) is 4.79. The quantitative estimate of drug-likeness (QED) is 0.721. The van der Waals surface area contributed by atoms with Gasteiger partial charge in [0.1, 0.15) is 0 Å². The van der Waals surface area contributed by atoms with Gasteiger partial charge in [0.05, 0.1) is 0 Å². The minimum Gasteiger partial charge on any atom is -0.359 e. The number of nitrogens with zero attached hydrogens (tertiary/aromatic N) is 1. The Bertz CT molecular complexity index is 289. The Morgan fingerprint density at radius 3 is 2.53 bits per heavy atom. The van der Waals surface area contributed by atoms with Crippen LogP contribution in [0.5, 0.6) is 0 Å². The van der Waals surface area contributed by atoms with Crippen LogP contribution in [0.15, 0.2) is 0 Å². The number of fused-ring (bicyclic) bond motifs is 1. The van der Waals surface area contributed by atoms with E-state index in [-0.39, 0.29) is 5.91 Å². The molecule has 0 radical (unpaired) electrons. The summed E-state index contributed by atoms with van der Waals surface area (Å²) in [5.41, 5.74) is 0. The predicted molar refractivity (Wildman–Crippen MR) is 66.6 cm³/mol. The van der Waals surface area contributed by atoms with Crippen LogP contribution >= 0.6 is 0 Å². The summed E-state index contributed by atoms with van der Waals surface area (Å²) in [6, 6.07) is 0. The van der Waals surface area contributed by atoms with Crippen LogP contribution in [0.1, 0.15) is 12.8 Å². The fraction of sp³-hybridized carbons (Fsp3) is 0.923. The van der Waals surface area contributed by atoms with Crippen molar-refractivity contribution in [3.05, 3.63) is 0 Å². The molecule has 17 heavy (non-hydrogen) atoms. The zero-order valence-corrected chi connectivity index (χ0v) is 10.6. The van der Waals surface area contributed by atoms with Gasteiger partial charge in [0.25, 0.3) is 0 Å². The number of nitrogens with one attached hydrogen (secondary N) is 2. The molecule has 4 heteroatoms. The molecule has 1 amide bonds. The van der Waals surface area contributed by atoms with Crippen LogP contribution in [0, 0.1) is 23.7 Å². The van der Waals surface area contributed by atoms with E-state index >= 15 is 0 Å².